The number of thiophene rings is 1. The van der Waals surface area contributed by atoms with Crippen molar-refractivity contribution in [1.29, 1.82) is 0 Å². The van der Waals surface area contributed by atoms with Crippen LogP contribution in [0.3, 0.4) is 0 Å². The van der Waals surface area contributed by atoms with Gasteiger partial charge in [0.15, 0.2) is 0 Å². The third-order valence-corrected chi connectivity index (χ3v) is 3.72. The Kier molecular flexibility index (Phi) is 3.03. The van der Waals surface area contributed by atoms with Crippen molar-refractivity contribution in [3.8, 4) is 0 Å². The average molecular weight is 223 g/mol. The van der Waals surface area contributed by atoms with Gasteiger partial charge in [-0.1, -0.05) is 13.0 Å². The zero-order valence-corrected chi connectivity index (χ0v) is 9.70. The molecule has 0 radical (unpaired) electrons. The quantitative estimate of drug-likeness (QED) is 0.836. The van der Waals surface area contributed by atoms with Gasteiger partial charge >= 0.3 is 0 Å². The van der Waals surface area contributed by atoms with Crippen molar-refractivity contribution in [2.45, 2.75) is 19.9 Å². The summed E-state index contributed by atoms with van der Waals surface area (Å²) in [6.07, 6.45) is 0. The van der Waals surface area contributed by atoms with Gasteiger partial charge < -0.3 is 5.32 Å². The summed E-state index contributed by atoms with van der Waals surface area (Å²) in [5.41, 5.74) is 0. The maximum Gasteiger partial charge on any atom is 0.124 e. The third-order valence-electron chi connectivity index (χ3n) is 2.44. The van der Waals surface area contributed by atoms with Gasteiger partial charge in [-0.25, -0.2) is 4.39 Å². The minimum atomic E-state index is -0.160. The summed E-state index contributed by atoms with van der Waals surface area (Å²) in [5.74, 6) is -0.160. The number of halogens is 1. The van der Waals surface area contributed by atoms with Gasteiger partial charge in [0.25, 0.3) is 0 Å². The number of hydrogen-bond acceptors (Lipinski definition) is 2. The van der Waals surface area contributed by atoms with Crippen LogP contribution in [-0.4, -0.2) is 6.54 Å². The van der Waals surface area contributed by atoms with Crippen LogP contribution in [0, 0.1) is 5.82 Å². The molecule has 0 saturated heterocycles. The Hall–Kier alpha value is -0.930. The molecule has 0 fully saturated rings. The van der Waals surface area contributed by atoms with Crippen molar-refractivity contribution in [3.63, 3.8) is 0 Å². The summed E-state index contributed by atoms with van der Waals surface area (Å²) >= 11 is 1.66. The predicted molar refractivity (Wildman–Crippen MR) is 63.9 cm³/mol. The largest absolute Gasteiger partial charge is 0.310 e. The molecule has 0 amide bonds. The molecule has 0 aliphatic heterocycles. The molecule has 0 saturated carbocycles. The molecule has 1 unspecified atom stereocenters. The molecule has 1 heterocycles. The molecule has 1 N–H and O–H groups in total. The van der Waals surface area contributed by atoms with Gasteiger partial charge in [0, 0.05) is 15.6 Å². The first kappa shape index (κ1) is 10.6. The Morgan fingerprint density at radius 2 is 2.20 bits per heavy atom. The molecule has 2 aromatic rings. The van der Waals surface area contributed by atoms with E-state index in [2.05, 4.69) is 25.2 Å². The van der Waals surface area contributed by atoms with E-state index in [1.807, 2.05) is 6.07 Å². The van der Waals surface area contributed by atoms with E-state index >= 15 is 0 Å². The van der Waals surface area contributed by atoms with Crippen molar-refractivity contribution in [3.05, 3.63) is 35.0 Å². The zero-order chi connectivity index (χ0) is 10.8. The second kappa shape index (κ2) is 4.29. The lowest BCUT2D eigenvalue weighted by molar-refractivity contribution is 0.607. The third kappa shape index (κ3) is 2.19. The Labute approximate surface area is 92.9 Å². The lowest BCUT2D eigenvalue weighted by Crippen LogP contribution is -2.16. The summed E-state index contributed by atoms with van der Waals surface area (Å²) in [5, 5.41) is 4.48. The molecule has 80 valence electrons. The van der Waals surface area contributed by atoms with E-state index in [-0.39, 0.29) is 5.82 Å². The fourth-order valence-corrected chi connectivity index (χ4v) is 2.76. The van der Waals surface area contributed by atoms with Gasteiger partial charge in [0.1, 0.15) is 5.82 Å². The van der Waals surface area contributed by atoms with Crippen LogP contribution in [0.15, 0.2) is 24.3 Å². The molecule has 1 aromatic heterocycles. The van der Waals surface area contributed by atoms with Crippen LogP contribution in [0.25, 0.3) is 10.1 Å². The molecular weight excluding hydrogens is 209 g/mol. The predicted octanol–water partition coefficient (Wildman–Crippen LogP) is 3.71. The van der Waals surface area contributed by atoms with Crippen molar-refractivity contribution in [1.82, 2.24) is 5.32 Å². The lowest BCUT2D eigenvalue weighted by Gasteiger charge is -2.08. The SMILES string of the molecule is CCNC(C)c1cc2ccc(F)cc2s1. The van der Waals surface area contributed by atoms with Crippen LogP contribution in [-0.2, 0) is 0 Å². The van der Waals surface area contributed by atoms with E-state index in [1.165, 1.54) is 10.9 Å². The zero-order valence-electron chi connectivity index (χ0n) is 8.88. The first-order valence-corrected chi connectivity index (χ1v) is 5.94. The molecule has 3 heteroatoms. The van der Waals surface area contributed by atoms with Crippen LogP contribution in [0.4, 0.5) is 4.39 Å². The van der Waals surface area contributed by atoms with Crippen LogP contribution in [0.5, 0.6) is 0 Å². The molecule has 1 aromatic carbocycles. The van der Waals surface area contributed by atoms with E-state index in [1.54, 1.807) is 17.4 Å². The summed E-state index contributed by atoms with van der Waals surface area (Å²) in [6.45, 7) is 5.16. The standard InChI is InChI=1S/C12H14FNS/c1-3-14-8(2)11-6-9-4-5-10(13)7-12(9)15-11/h4-8,14H,3H2,1-2H3. The average Bonchev–Trinajstić information content (AvgIpc) is 2.60. The highest BCUT2D eigenvalue weighted by molar-refractivity contribution is 7.19. The highest BCUT2D eigenvalue weighted by atomic mass is 32.1. The molecule has 1 atom stereocenters. The van der Waals surface area contributed by atoms with Gasteiger partial charge in [-0.2, -0.15) is 0 Å². The van der Waals surface area contributed by atoms with Gasteiger partial charge in [0.2, 0.25) is 0 Å². The Bertz CT molecular complexity index is 464. The molecule has 1 nitrogen and oxygen atoms in total. The highest BCUT2D eigenvalue weighted by Crippen LogP contribution is 2.30. The Morgan fingerprint density at radius 1 is 1.40 bits per heavy atom. The fourth-order valence-electron chi connectivity index (χ4n) is 1.65. The highest BCUT2D eigenvalue weighted by Gasteiger charge is 2.08. The van der Waals surface area contributed by atoms with E-state index in [4.69, 9.17) is 0 Å². The van der Waals surface area contributed by atoms with Crippen LogP contribution < -0.4 is 5.32 Å². The minimum Gasteiger partial charge on any atom is -0.310 e. The normalized spacial score (nSPS) is 13.3. The maximum atomic E-state index is 13.0. The van der Waals surface area contributed by atoms with Gasteiger partial charge in [-0.05, 0) is 37.1 Å². The molecule has 0 aliphatic carbocycles. The smallest absolute Gasteiger partial charge is 0.124 e. The fraction of sp³-hybridized carbons (Fsp3) is 0.333. The molecule has 0 bridgehead atoms. The molecule has 0 aliphatic rings. The van der Waals surface area contributed by atoms with Crippen molar-refractivity contribution in [2.75, 3.05) is 6.54 Å². The second-order valence-electron chi connectivity index (χ2n) is 3.61. The lowest BCUT2D eigenvalue weighted by atomic mass is 10.2. The van der Waals surface area contributed by atoms with E-state index in [0.717, 1.165) is 16.6 Å². The number of benzene rings is 1. The van der Waals surface area contributed by atoms with E-state index in [9.17, 15) is 4.39 Å². The van der Waals surface area contributed by atoms with Crippen molar-refractivity contribution < 1.29 is 4.39 Å². The van der Waals surface area contributed by atoms with Gasteiger partial charge in [-0.15, -0.1) is 11.3 Å². The Balaban J connectivity index is 2.38. The summed E-state index contributed by atoms with van der Waals surface area (Å²) in [6, 6.07) is 7.42. The molecule has 2 rings (SSSR count). The Morgan fingerprint density at radius 3 is 2.93 bits per heavy atom. The first-order chi connectivity index (χ1) is 7.20. The number of nitrogens with one attached hydrogen (secondary N) is 1. The molecule has 0 spiro atoms. The number of fused-ring (bicyclic) bond motifs is 1. The summed E-state index contributed by atoms with van der Waals surface area (Å²) in [7, 11) is 0. The molecular formula is C12H14FNS. The monoisotopic (exact) mass is 223 g/mol. The molecule has 15 heavy (non-hydrogen) atoms. The number of hydrogen-bond donors (Lipinski definition) is 1. The van der Waals surface area contributed by atoms with Gasteiger partial charge in [-0.3, -0.25) is 0 Å². The van der Waals surface area contributed by atoms with Crippen molar-refractivity contribution >= 4 is 21.4 Å². The van der Waals surface area contributed by atoms with E-state index in [0.29, 0.717) is 6.04 Å². The first-order valence-electron chi connectivity index (χ1n) is 5.13. The van der Waals surface area contributed by atoms with Crippen molar-refractivity contribution in [2.24, 2.45) is 0 Å². The van der Waals surface area contributed by atoms with E-state index < -0.39 is 0 Å². The van der Waals surface area contributed by atoms with Gasteiger partial charge in [0.05, 0.1) is 0 Å². The minimum absolute atomic E-state index is 0.160. The maximum absolute atomic E-state index is 13.0. The van der Waals surface area contributed by atoms with Crippen LogP contribution in [0.2, 0.25) is 0 Å². The number of rotatable bonds is 3. The summed E-state index contributed by atoms with van der Waals surface area (Å²) in [4.78, 5) is 1.26. The van der Waals surface area contributed by atoms with Crippen LogP contribution in [0.1, 0.15) is 24.8 Å². The topological polar surface area (TPSA) is 12.0 Å². The summed E-state index contributed by atoms with van der Waals surface area (Å²) < 4.78 is 14.0. The second-order valence-corrected chi connectivity index (χ2v) is 4.73. The van der Waals surface area contributed by atoms with Crippen LogP contribution >= 0.6 is 11.3 Å².